The first-order chi connectivity index (χ1) is 25.1. The predicted molar refractivity (Wildman–Crippen MR) is 216 cm³/mol. The number of fused-ring (bicyclic) bond motifs is 4. The Balaban J connectivity index is 1.21. The molecule has 0 fully saturated rings. The van der Waals surface area contributed by atoms with E-state index in [2.05, 4.69) is 178 Å². The van der Waals surface area contributed by atoms with E-state index in [1.807, 2.05) is 24.5 Å². The Bertz CT molecular complexity index is 2630. The summed E-state index contributed by atoms with van der Waals surface area (Å²) in [7, 11) is 0. The summed E-state index contributed by atoms with van der Waals surface area (Å²) in [4.78, 5) is 9.48. The van der Waals surface area contributed by atoms with E-state index in [1.54, 1.807) is 6.20 Å². The number of hydrogen-bond acceptors (Lipinski definition) is 3. The molecule has 0 spiro atoms. The molecule has 4 aromatic carbocycles. The van der Waals surface area contributed by atoms with Crippen LogP contribution in [0, 0.1) is 6.33 Å². The van der Waals surface area contributed by atoms with Gasteiger partial charge in [-0.25, -0.2) is 4.98 Å². The molecule has 0 saturated carbocycles. The Morgan fingerprint density at radius 2 is 1.25 bits per heavy atom. The molecular weight excluding hydrogens is 651 g/mol. The first kappa shape index (κ1) is 34.3. The maximum atomic E-state index is 6.59. The molecule has 8 rings (SSSR count). The molecule has 0 amide bonds. The van der Waals surface area contributed by atoms with Crippen molar-refractivity contribution >= 4 is 32.8 Å². The van der Waals surface area contributed by atoms with Crippen LogP contribution in [0.15, 0.2) is 122 Å². The predicted octanol–water partition coefficient (Wildman–Crippen LogP) is 11.3. The van der Waals surface area contributed by atoms with Gasteiger partial charge in [-0.3, -0.25) is 18.7 Å². The standard InChI is InChI=1S/C47H47N5O/c1-45(2,3)31-20-21-49-44(25-31)52-40-15-11-10-14-38(40)39-19-18-36(27-43(39)52)53-37-26-35(28-48-29-37)51-30-50(41-16-12-13-17-42(41)51)34-23-32(46(4,5)6)22-33(24-34)47(7,8)9/h10-29H,1-9H3. The largest absolute Gasteiger partial charge is 0.456 e. The van der Waals surface area contributed by atoms with Crippen LogP contribution in [0.4, 0.5) is 0 Å². The maximum absolute atomic E-state index is 6.59. The molecule has 0 N–H and O–H groups in total. The summed E-state index contributed by atoms with van der Waals surface area (Å²) in [6, 6.07) is 36.5. The van der Waals surface area contributed by atoms with E-state index < -0.39 is 0 Å². The lowest BCUT2D eigenvalue weighted by atomic mass is 9.80. The second kappa shape index (κ2) is 12.4. The van der Waals surface area contributed by atoms with E-state index in [-0.39, 0.29) is 16.2 Å². The quantitative estimate of drug-likeness (QED) is 0.133. The van der Waals surface area contributed by atoms with E-state index in [0.717, 1.165) is 50.4 Å². The van der Waals surface area contributed by atoms with Crippen LogP contribution in [-0.2, 0) is 16.2 Å². The normalized spacial score (nSPS) is 12.6. The zero-order valence-electron chi connectivity index (χ0n) is 32.2. The van der Waals surface area contributed by atoms with E-state index in [1.165, 1.54) is 22.1 Å². The molecule has 8 aromatic rings. The molecule has 6 heteroatoms. The zero-order valence-corrected chi connectivity index (χ0v) is 32.2. The highest BCUT2D eigenvalue weighted by Gasteiger charge is 2.23. The van der Waals surface area contributed by atoms with E-state index >= 15 is 0 Å². The smallest absolute Gasteiger partial charge is 0.269 e. The summed E-state index contributed by atoms with van der Waals surface area (Å²) in [5.74, 6) is 2.24. The number of rotatable bonds is 5. The number of nitrogens with zero attached hydrogens (tertiary/aromatic N) is 5. The molecule has 0 radical (unpaired) electrons. The Kier molecular flexibility index (Phi) is 8.06. The average molecular weight is 698 g/mol. The summed E-state index contributed by atoms with van der Waals surface area (Å²) >= 11 is 0. The lowest BCUT2D eigenvalue weighted by Crippen LogP contribution is -2.31. The van der Waals surface area contributed by atoms with Gasteiger partial charge in [0.25, 0.3) is 6.33 Å². The number of pyridine rings is 2. The third-order valence-corrected chi connectivity index (χ3v) is 10.2. The van der Waals surface area contributed by atoms with Gasteiger partial charge in [0.15, 0.2) is 0 Å². The van der Waals surface area contributed by atoms with Gasteiger partial charge in [0.2, 0.25) is 0 Å². The molecule has 266 valence electrons. The van der Waals surface area contributed by atoms with Crippen molar-refractivity contribution in [2.45, 2.75) is 78.6 Å². The van der Waals surface area contributed by atoms with Crippen LogP contribution in [0.25, 0.3) is 50.0 Å². The molecule has 4 aromatic heterocycles. The number of imidazole rings is 1. The third-order valence-electron chi connectivity index (χ3n) is 10.2. The van der Waals surface area contributed by atoms with Gasteiger partial charge in [0.1, 0.15) is 17.3 Å². The summed E-state index contributed by atoms with van der Waals surface area (Å²) in [6.45, 7) is 20.3. The lowest BCUT2D eigenvalue weighted by Gasteiger charge is -2.26. The first-order valence-corrected chi connectivity index (χ1v) is 18.4. The molecule has 0 bridgehead atoms. The summed E-state index contributed by atoms with van der Waals surface area (Å²) in [6.07, 6.45) is 9.21. The summed E-state index contributed by atoms with van der Waals surface area (Å²) < 4.78 is 13.1. The van der Waals surface area contributed by atoms with Crippen molar-refractivity contribution < 1.29 is 9.30 Å². The van der Waals surface area contributed by atoms with Crippen molar-refractivity contribution in [2.24, 2.45) is 0 Å². The van der Waals surface area contributed by atoms with Crippen molar-refractivity contribution in [3.8, 4) is 28.7 Å². The molecule has 4 heterocycles. The van der Waals surface area contributed by atoms with Crippen molar-refractivity contribution in [3.05, 3.63) is 145 Å². The fraction of sp³-hybridized carbons (Fsp3) is 0.255. The number of para-hydroxylation sites is 3. The topological polar surface area (TPSA) is 48.8 Å². The number of aromatic nitrogens is 5. The lowest BCUT2D eigenvalue weighted by molar-refractivity contribution is -0.572. The van der Waals surface area contributed by atoms with Gasteiger partial charge in [-0.15, -0.1) is 0 Å². The number of benzene rings is 4. The monoisotopic (exact) mass is 697 g/mol. The Labute approximate surface area is 312 Å². The SMILES string of the molecule is CC(C)(C)c1cc(-[n+]2[c-]n(-c3cncc(Oc4ccc5c6ccccc6n(-c6cc(C(C)(C)C)ccn6)c5c4)c3)c3ccccc32)cc(C(C)(C)C)c1. The van der Waals surface area contributed by atoms with Crippen molar-refractivity contribution in [1.82, 2.24) is 19.1 Å². The maximum Gasteiger partial charge on any atom is 0.269 e. The Morgan fingerprint density at radius 3 is 1.96 bits per heavy atom. The van der Waals surface area contributed by atoms with E-state index in [9.17, 15) is 0 Å². The molecule has 0 atom stereocenters. The molecule has 0 saturated heterocycles. The Hall–Kier alpha value is -5.75. The summed E-state index contributed by atoms with van der Waals surface area (Å²) in [5, 5.41) is 2.32. The number of hydrogen-bond donors (Lipinski definition) is 0. The average Bonchev–Trinajstić information content (AvgIpc) is 3.67. The molecule has 0 aliphatic rings. The highest BCUT2D eigenvalue weighted by atomic mass is 16.5. The van der Waals surface area contributed by atoms with Crippen LogP contribution in [0.3, 0.4) is 0 Å². The second-order valence-corrected chi connectivity index (χ2v) is 17.2. The third kappa shape index (κ3) is 6.37. The van der Waals surface area contributed by atoms with Gasteiger partial charge in [0, 0.05) is 29.2 Å². The molecular formula is C47H47N5O. The van der Waals surface area contributed by atoms with Crippen LogP contribution in [0.1, 0.15) is 79.0 Å². The number of ether oxygens (including phenoxy) is 1. The van der Waals surface area contributed by atoms with Gasteiger partial charge in [-0.2, -0.15) is 0 Å². The first-order valence-electron chi connectivity index (χ1n) is 18.4. The van der Waals surface area contributed by atoms with Crippen molar-refractivity contribution in [1.29, 1.82) is 0 Å². The highest BCUT2D eigenvalue weighted by molar-refractivity contribution is 6.09. The van der Waals surface area contributed by atoms with E-state index in [0.29, 0.717) is 5.75 Å². The summed E-state index contributed by atoms with van der Waals surface area (Å²) in [5.41, 5.74) is 9.98. The van der Waals surface area contributed by atoms with Crippen LogP contribution < -0.4 is 9.30 Å². The van der Waals surface area contributed by atoms with E-state index in [4.69, 9.17) is 9.72 Å². The molecule has 53 heavy (non-hydrogen) atoms. The van der Waals surface area contributed by atoms with Gasteiger partial charge in [-0.05, 0) is 81.5 Å². The fourth-order valence-corrected chi connectivity index (χ4v) is 7.04. The van der Waals surface area contributed by atoms with Gasteiger partial charge < -0.3 is 4.74 Å². The van der Waals surface area contributed by atoms with Crippen LogP contribution in [0.5, 0.6) is 11.5 Å². The van der Waals surface area contributed by atoms with Gasteiger partial charge in [0.05, 0.1) is 39.6 Å². The minimum atomic E-state index is -0.00508. The molecule has 0 aliphatic carbocycles. The van der Waals surface area contributed by atoms with Crippen LogP contribution >= 0.6 is 0 Å². The van der Waals surface area contributed by atoms with Crippen LogP contribution in [-0.4, -0.2) is 19.1 Å². The molecule has 0 unspecified atom stereocenters. The zero-order chi connectivity index (χ0) is 37.3. The molecule has 6 nitrogen and oxygen atoms in total. The van der Waals surface area contributed by atoms with Gasteiger partial charge >= 0.3 is 0 Å². The van der Waals surface area contributed by atoms with Gasteiger partial charge in [-0.1, -0.05) is 111 Å². The highest BCUT2D eigenvalue weighted by Crippen LogP contribution is 2.36. The molecule has 0 aliphatic heterocycles. The fourth-order valence-electron chi connectivity index (χ4n) is 7.04. The Morgan fingerprint density at radius 1 is 0.585 bits per heavy atom. The minimum absolute atomic E-state index is 0.00366. The van der Waals surface area contributed by atoms with Crippen molar-refractivity contribution in [2.75, 3.05) is 0 Å². The second-order valence-electron chi connectivity index (χ2n) is 17.2. The van der Waals surface area contributed by atoms with Crippen LogP contribution in [0.2, 0.25) is 0 Å². The minimum Gasteiger partial charge on any atom is -0.456 e. The van der Waals surface area contributed by atoms with Crippen molar-refractivity contribution in [3.63, 3.8) is 0 Å².